The van der Waals surface area contributed by atoms with E-state index < -0.39 is 13.0 Å². The monoisotopic (exact) mass is 210 g/mol. The van der Waals surface area contributed by atoms with Gasteiger partial charge in [-0.3, -0.25) is 0 Å². The molecule has 0 spiro atoms. The van der Waals surface area contributed by atoms with Crippen molar-refractivity contribution in [1.82, 2.24) is 15.2 Å². The predicted molar refractivity (Wildman–Crippen MR) is 51.8 cm³/mol. The first-order valence-electron chi connectivity index (χ1n) is 4.37. The molecule has 0 bridgehead atoms. The number of halogens is 2. The standard InChI is InChI=1S/C9H8F2N4/c10-8(11)5-12-9-13-6-3-1-2-4-7(6)14-15-9/h1-4,8H,5H2,(H,12,13,15). The van der Waals surface area contributed by atoms with Crippen LogP contribution >= 0.6 is 0 Å². The van der Waals surface area contributed by atoms with E-state index in [0.29, 0.717) is 11.0 Å². The molecule has 2 aromatic rings. The predicted octanol–water partition coefficient (Wildman–Crippen LogP) is 1.70. The molecular formula is C9H8F2N4. The molecule has 0 aliphatic rings. The molecule has 0 aliphatic carbocycles. The maximum atomic E-state index is 11.9. The van der Waals surface area contributed by atoms with Crippen LogP contribution in [0.25, 0.3) is 11.0 Å². The lowest BCUT2D eigenvalue weighted by Crippen LogP contribution is -2.13. The van der Waals surface area contributed by atoms with Gasteiger partial charge in [0, 0.05) is 0 Å². The average molecular weight is 210 g/mol. The summed E-state index contributed by atoms with van der Waals surface area (Å²) in [7, 11) is 0. The Morgan fingerprint density at radius 3 is 2.60 bits per heavy atom. The van der Waals surface area contributed by atoms with Gasteiger partial charge in [-0.1, -0.05) is 12.1 Å². The molecule has 15 heavy (non-hydrogen) atoms. The number of anilines is 1. The van der Waals surface area contributed by atoms with Crippen LogP contribution in [0.15, 0.2) is 24.3 Å². The molecule has 1 heterocycles. The smallest absolute Gasteiger partial charge is 0.255 e. The van der Waals surface area contributed by atoms with Gasteiger partial charge >= 0.3 is 0 Å². The van der Waals surface area contributed by atoms with Gasteiger partial charge in [0.15, 0.2) is 0 Å². The van der Waals surface area contributed by atoms with Gasteiger partial charge in [0.25, 0.3) is 6.43 Å². The maximum absolute atomic E-state index is 11.9. The Labute approximate surface area is 84.4 Å². The molecule has 0 unspecified atom stereocenters. The Balaban J connectivity index is 2.23. The number of aromatic nitrogens is 3. The quantitative estimate of drug-likeness (QED) is 0.837. The largest absolute Gasteiger partial charge is 0.347 e. The Hall–Kier alpha value is -1.85. The molecule has 4 nitrogen and oxygen atoms in total. The van der Waals surface area contributed by atoms with E-state index in [1.165, 1.54) is 0 Å². The van der Waals surface area contributed by atoms with Crippen molar-refractivity contribution in [2.75, 3.05) is 11.9 Å². The third-order valence-electron chi connectivity index (χ3n) is 1.78. The van der Waals surface area contributed by atoms with Gasteiger partial charge in [0.05, 0.1) is 12.1 Å². The molecule has 1 aromatic heterocycles. The number of rotatable bonds is 3. The third-order valence-corrected chi connectivity index (χ3v) is 1.78. The molecule has 0 radical (unpaired) electrons. The van der Waals surface area contributed by atoms with Crippen molar-refractivity contribution in [3.05, 3.63) is 24.3 Å². The first-order chi connectivity index (χ1) is 7.25. The van der Waals surface area contributed by atoms with Crippen molar-refractivity contribution in [3.63, 3.8) is 0 Å². The number of hydrogen-bond acceptors (Lipinski definition) is 4. The minimum Gasteiger partial charge on any atom is -0.347 e. The molecule has 1 aromatic carbocycles. The number of benzene rings is 1. The van der Waals surface area contributed by atoms with Crippen LogP contribution in [-0.4, -0.2) is 28.2 Å². The Bertz CT molecular complexity index is 461. The van der Waals surface area contributed by atoms with Crippen molar-refractivity contribution < 1.29 is 8.78 Å². The van der Waals surface area contributed by atoms with E-state index in [2.05, 4.69) is 20.5 Å². The highest BCUT2D eigenvalue weighted by Crippen LogP contribution is 2.08. The molecule has 0 atom stereocenters. The van der Waals surface area contributed by atoms with E-state index in [1.807, 2.05) is 6.07 Å². The highest BCUT2D eigenvalue weighted by Gasteiger charge is 2.04. The fourth-order valence-corrected chi connectivity index (χ4v) is 1.12. The Kier molecular flexibility index (Phi) is 2.66. The lowest BCUT2D eigenvalue weighted by Gasteiger charge is -2.03. The molecule has 6 heteroatoms. The Morgan fingerprint density at radius 2 is 1.87 bits per heavy atom. The van der Waals surface area contributed by atoms with Crippen molar-refractivity contribution in [2.45, 2.75) is 6.43 Å². The van der Waals surface area contributed by atoms with Crippen molar-refractivity contribution in [1.29, 1.82) is 0 Å². The molecule has 0 saturated carbocycles. The molecule has 1 N–H and O–H groups in total. The minimum absolute atomic E-state index is 0.119. The van der Waals surface area contributed by atoms with Crippen LogP contribution in [0.5, 0.6) is 0 Å². The zero-order valence-corrected chi connectivity index (χ0v) is 7.69. The zero-order chi connectivity index (χ0) is 10.7. The summed E-state index contributed by atoms with van der Waals surface area (Å²) < 4.78 is 23.8. The SMILES string of the molecule is FC(F)CNc1nnc2ccccc2n1. The van der Waals surface area contributed by atoms with Crippen LogP contribution in [0.2, 0.25) is 0 Å². The molecule has 0 amide bonds. The first kappa shape index (κ1) is 9.70. The fraction of sp³-hybridized carbons (Fsp3) is 0.222. The van der Waals surface area contributed by atoms with E-state index >= 15 is 0 Å². The van der Waals surface area contributed by atoms with Crippen LogP contribution in [0, 0.1) is 0 Å². The fourth-order valence-electron chi connectivity index (χ4n) is 1.12. The van der Waals surface area contributed by atoms with E-state index in [1.54, 1.807) is 18.2 Å². The van der Waals surface area contributed by atoms with Crippen LogP contribution in [0.3, 0.4) is 0 Å². The third kappa shape index (κ3) is 2.34. The number of nitrogens with zero attached hydrogens (tertiary/aromatic N) is 3. The molecule has 0 saturated heterocycles. The average Bonchev–Trinajstić information content (AvgIpc) is 2.26. The van der Waals surface area contributed by atoms with Crippen LogP contribution < -0.4 is 5.32 Å². The molecule has 78 valence electrons. The van der Waals surface area contributed by atoms with Gasteiger partial charge in [-0.2, -0.15) is 0 Å². The van der Waals surface area contributed by atoms with Crippen LogP contribution in [-0.2, 0) is 0 Å². The van der Waals surface area contributed by atoms with Gasteiger partial charge < -0.3 is 5.32 Å². The van der Waals surface area contributed by atoms with Gasteiger partial charge in [-0.05, 0) is 12.1 Å². The van der Waals surface area contributed by atoms with Crippen molar-refractivity contribution >= 4 is 17.0 Å². The second kappa shape index (κ2) is 4.12. The van der Waals surface area contributed by atoms with Gasteiger partial charge in [-0.25, -0.2) is 13.8 Å². The highest BCUT2D eigenvalue weighted by atomic mass is 19.3. The van der Waals surface area contributed by atoms with E-state index in [4.69, 9.17) is 0 Å². The normalized spacial score (nSPS) is 10.9. The lowest BCUT2D eigenvalue weighted by molar-refractivity contribution is 0.163. The minimum atomic E-state index is -2.43. The maximum Gasteiger partial charge on any atom is 0.255 e. The lowest BCUT2D eigenvalue weighted by atomic mass is 10.3. The summed E-state index contributed by atoms with van der Waals surface area (Å²) in [6.07, 6.45) is -2.43. The van der Waals surface area contributed by atoms with E-state index in [9.17, 15) is 8.78 Å². The van der Waals surface area contributed by atoms with Gasteiger partial charge in [0.1, 0.15) is 5.52 Å². The summed E-state index contributed by atoms with van der Waals surface area (Å²) in [5.41, 5.74) is 1.27. The van der Waals surface area contributed by atoms with E-state index in [0.717, 1.165) is 0 Å². The topological polar surface area (TPSA) is 50.7 Å². The summed E-state index contributed by atoms with van der Waals surface area (Å²) in [5.74, 6) is 0.119. The number of alkyl halides is 2. The summed E-state index contributed by atoms with van der Waals surface area (Å²) >= 11 is 0. The number of para-hydroxylation sites is 1. The van der Waals surface area contributed by atoms with Crippen molar-refractivity contribution in [2.24, 2.45) is 0 Å². The van der Waals surface area contributed by atoms with E-state index in [-0.39, 0.29) is 5.95 Å². The molecule has 0 fully saturated rings. The van der Waals surface area contributed by atoms with Gasteiger partial charge in [-0.15, -0.1) is 10.2 Å². The molecular weight excluding hydrogens is 202 g/mol. The highest BCUT2D eigenvalue weighted by molar-refractivity contribution is 5.73. The van der Waals surface area contributed by atoms with Crippen LogP contribution in [0.1, 0.15) is 0 Å². The van der Waals surface area contributed by atoms with Crippen LogP contribution in [0.4, 0.5) is 14.7 Å². The van der Waals surface area contributed by atoms with Crippen molar-refractivity contribution in [3.8, 4) is 0 Å². The van der Waals surface area contributed by atoms with Gasteiger partial charge in [0.2, 0.25) is 5.95 Å². The molecule has 2 rings (SSSR count). The summed E-state index contributed by atoms with van der Waals surface area (Å²) in [6, 6.07) is 7.11. The summed E-state index contributed by atoms with van der Waals surface area (Å²) in [5, 5.41) is 9.91. The summed E-state index contributed by atoms with van der Waals surface area (Å²) in [6.45, 7) is -0.472. The first-order valence-corrected chi connectivity index (χ1v) is 4.37. The second-order valence-electron chi connectivity index (χ2n) is 2.90. The number of fused-ring (bicyclic) bond motifs is 1. The summed E-state index contributed by atoms with van der Waals surface area (Å²) in [4.78, 5) is 4.03. The molecule has 0 aliphatic heterocycles. The second-order valence-corrected chi connectivity index (χ2v) is 2.90. The number of nitrogens with one attached hydrogen (secondary N) is 1. The Morgan fingerprint density at radius 1 is 1.13 bits per heavy atom. The number of hydrogen-bond donors (Lipinski definition) is 1. The zero-order valence-electron chi connectivity index (χ0n) is 7.69.